The number of rotatable bonds is 4. The van der Waals surface area contributed by atoms with Crippen molar-refractivity contribution in [2.45, 2.75) is 19.4 Å². The maximum absolute atomic E-state index is 12.2. The summed E-state index contributed by atoms with van der Waals surface area (Å²) in [6.45, 7) is 3.31. The third-order valence-corrected chi connectivity index (χ3v) is 3.02. The number of nitrogens with zero attached hydrogens (tertiary/aromatic N) is 1. The van der Waals surface area contributed by atoms with Crippen molar-refractivity contribution in [1.29, 1.82) is 0 Å². The molecule has 1 aliphatic rings. The van der Waals surface area contributed by atoms with Crippen molar-refractivity contribution >= 4 is 17.5 Å². The van der Waals surface area contributed by atoms with Gasteiger partial charge in [-0.3, -0.25) is 4.79 Å². The lowest BCUT2D eigenvalue weighted by molar-refractivity contribution is 0.00565. The summed E-state index contributed by atoms with van der Waals surface area (Å²) in [5, 5.41) is 9.73. The van der Waals surface area contributed by atoms with Crippen LogP contribution in [0.15, 0.2) is 18.2 Å². The van der Waals surface area contributed by atoms with Crippen LogP contribution < -0.4 is 4.74 Å². The van der Waals surface area contributed by atoms with E-state index in [2.05, 4.69) is 0 Å². The van der Waals surface area contributed by atoms with Gasteiger partial charge in [0.15, 0.2) is 0 Å². The van der Waals surface area contributed by atoms with E-state index in [0.29, 0.717) is 36.0 Å². The van der Waals surface area contributed by atoms with Crippen LogP contribution in [-0.2, 0) is 0 Å². The predicted molar refractivity (Wildman–Crippen MR) is 69.1 cm³/mol. The second-order valence-corrected chi connectivity index (χ2v) is 4.79. The molecule has 0 aliphatic carbocycles. The summed E-state index contributed by atoms with van der Waals surface area (Å²) in [6, 6.07) is 5.02. The molecule has 0 spiro atoms. The van der Waals surface area contributed by atoms with Crippen molar-refractivity contribution in [1.82, 2.24) is 4.90 Å². The number of aliphatic hydroxyl groups excluding tert-OH is 1. The number of carbonyl (C=O) groups excluding carboxylic acids is 1. The van der Waals surface area contributed by atoms with Gasteiger partial charge in [-0.1, -0.05) is 18.5 Å². The summed E-state index contributed by atoms with van der Waals surface area (Å²) in [5.41, 5.74) is 0.461. The molecule has 4 nitrogen and oxygen atoms in total. The minimum atomic E-state index is -0.409. The molecule has 1 heterocycles. The Labute approximate surface area is 111 Å². The van der Waals surface area contributed by atoms with Crippen LogP contribution in [0.4, 0.5) is 0 Å². The van der Waals surface area contributed by atoms with Crippen LogP contribution in [-0.4, -0.2) is 41.7 Å². The Bertz CT molecular complexity index is 444. The van der Waals surface area contributed by atoms with Gasteiger partial charge in [0.1, 0.15) is 5.75 Å². The van der Waals surface area contributed by atoms with Crippen molar-refractivity contribution in [3.05, 3.63) is 28.8 Å². The maximum Gasteiger partial charge on any atom is 0.257 e. The molecule has 1 saturated heterocycles. The molecular weight excluding hydrogens is 254 g/mol. The van der Waals surface area contributed by atoms with Crippen molar-refractivity contribution in [2.75, 3.05) is 19.7 Å². The number of amides is 1. The Morgan fingerprint density at radius 2 is 2.28 bits per heavy atom. The van der Waals surface area contributed by atoms with Crippen LogP contribution in [0.5, 0.6) is 5.75 Å². The SMILES string of the molecule is CCCOc1ccc(Cl)cc1C(=O)N1CC(O)C1. The number of carbonyl (C=O) groups is 1. The Morgan fingerprint density at radius 3 is 2.89 bits per heavy atom. The van der Waals surface area contributed by atoms with Gasteiger partial charge in [-0.05, 0) is 24.6 Å². The molecule has 1 amide bonds. The molecule has 0 aromatic heterocycles. The Balaban J connectivity index is 2.18. The highest BCUT2D eigenvalue weighted by Gasteiger charge is 2.31. The molecule has 1 N–H and O–H groups in total. The first-order valence-corrected chi connectivity index (χ1v) is 6.39. The van der Waals surface area contributed by atoms with Gasteiger partial charge in [-0.25, -0.2) is 0 Å². The number of benzene rings is 1. The van der Waals surface area contributed by atoms with E-state index < -0.39 is 6.10 Å². The summed E-state index contributed by atoms with van der Waals surface area (Å²) in [7, 11) is 0. The number of hydrogen-bond donors (Lipinski definition) is 1. The van der Waals surface area contributed by atoms with E-state index in [0.717, 1.165) is 6.42 Å². The van der Waals surface area contributed by atoms with Gasteiger partial charge in [-0.2, -0.15) is 0 Å². The van der Waals surface area contributed by atoms with E-state index >= 15 is 0 Å². The Kier molecular flexibility index (Phi) is 4.09. The molecule has 1 aliphatic heterocycles. The zero-order valence-electron chi connectivity index (χ0n) is 10.2. The smallest absolute Gasteiger partial charge is 0.257 e. The fourth-order valence-electron chi connectivity index (χ4n) is 1.80. The topological polar surface area (TPSA) is 49.8 Å². The minimum Gasteiger partial charge on any atom is -0.493 e. The van der Waals surface area contributed by atoms with Gasteiger partial charge in [0.25, 0.3) is 5.91 Å². The van der Waals surface area contributed by atoms with E-state index in [1.165, 1.54) is 0 Å². The largest absolute Gasteiger partial charge is 0.493 e. The molecule has 0 saturated carbocycles. The monoisotopic (exact) mass is 269 g/mol. The Hall–Kier alpha value is -1.26. The number of ether oxygens (including phenoxy) is 1. The highest BCUT2D eigenvalue weighted by atomic mass is 35.5. The normalized spacial score (nSPS) is 15.4. The van der Waals surface area contributed by atoms with Crippen LogP contribution in [0.25, 0.3) is 0 Å². The second kappa shape index (κ2) is 5.59. The van der Waals surface area contributed by atoms with Gasteiger partial charge in [0, 0.05) is 18.1 Å². The van der Waals surface area contributed by atoms with E-state index in [9.17, 15) is 9.90 Å². The summed E-state index contributed by atoms with van der Waals surface area (Å²) in [5.74, 6) is 0.404. The lowest BCUT2D eigenvalue weighted by Crippen LogP contribution is -2.53. The van der Waals surface area contributed by atoms with Crippen LogP contribution in [0.1, 0.15) is 23.7 Å². The quantitative estimate of drug-likeness (QED) is 0.909. The molecular formula is C13H16ClNO3. The lowest BCUT2D eigenvalue weighted by atomic mass is 10.1. The number of hydrogen-bond acceptors (Lipinski definition) is 3. The lowest BCUT2D eigenvalue weighted by Gasteiger charge is -2.36. The number of likely N-dealkylation sites (tertiary alicyclic amines) is 1. The van der Waals surface area contributed by atoms with Crippen LogP contribution >= 0.6 is 11.6 Å². The zero-order chi connectivity index (χ0) is 13.1. The van der Waals surface area contributed by atoms with Crippen molar-refractivity contribution in [3.63, 3.8) is 0 Å². The van der Waals surface area contributed by atoms with Crippen LogP contribution in [0, 0.1) is 0 Å². The van der Waals surface area contributed by atoms with Crippen molar-refractivity contribution < 1.29 is 14.6 Å². The first kappa shape index (κ1) is 13.2. The van der Waals surface area contributed by atoms with Gasteiger partial charge in [0.05, 0.1) is 18.3 Å². The van der Waals surface area contributed by atoms with Crippen LogP contribution in [0.3, 0.4) is 0 Å². The molecule has 1 aromatic carbocycles. The molecule has 0 unspecified atom stereocenters. The summed E-state index contributed by atoms with van der Waals surface area (Å²) < 4.78 is 5.54. The number of β-amino-alcohol motifs (C(OH)–C–C–N with tert-alkyl or cyclic N) is 1. The summed E-state index contributed by atoms with van der Waals surface area (Å²) in [6.07, 6.45) is 0.465. The molecule has 0 bridgehead atoms. The first-order chi connectivity index (χ1) is 8.61. The molecule has 1 fully saturated rings. The third-order valence-electron chi connectivity index (χ3n) is 2.78. The second-order valence-electron chi connectivity index (χ2n) is 4.35. The molecule has 18 heavy (non-hydrogen) atoms. The zero-order valence-corrected chi connectivity index (χ0v) is 11.0. The van der Waals surface area contributed by atoms with E-state index in [4.69, 9.17) is 16.3 Å². The molecule has 98 valence electrons. The Morgan fingerprint density at radius 1 is 1.56 bits per heavy atom. The number of aliphatic hydroxyl groups is 1. The van der Waals surface area contributed by atoms with Crippen LogP contribution in [0.2, 0.25) is 5.02 Å². The van der Waals surface area contributed by atoms with E-state index in [1.54, 1.807) is 23.1 Å². The van der Waals surface area contributed by atoms with Gasteiger partial charge in [0.2, 0.25) is 0 Å². The standard InChI is InChI=1S/C13H16ClNO3/c1-2-5-18-12-4-3-9(14)6-11(12)13(17)15-7-10(16)8-15/h3-4,6,10,16H,2,5,7-8H2,1H3. The molecule has 1 aromatic rings. The predicted octanol–water partition coefficient (Wildman–Crippen LogP) is 1.95. The fraction of sp³-hybridized carbons (Fsp3) is 0.462. The molecule has 0 radical (unpaired) electrons. The van der Waals surface area contributed by atoms with E-state index in [1.807, 2.05) is 6.92 Å². The highest BCUT2D eigenvalue weighted by molar-refractivity contribution is 6.31. The van der Waals surface area contributed by atoms with Crippen molar-refractivity contribution in [2.24, 2.45) is 0 Å². The highest BCUT2D eigenvalue weighted by Crippen LogP contribution is 2.26. The van der Waals surface area contributed by atoms with E-state index in [-0.39, 0.29) is 5.91 Å². The summed E-state index contributed by atoms with van der Waals surface area (Å²) >= 11 is 5.91. The maximum atomic E-state index is 12.2. The first-order valence-electron chi connectivity index (χ1n) is 6.01. The third kappa shape index (κ3) is 2.76. The van der Waals surface area contributed by atoms with Gasteiger partial charge >= 0.3 is 0 Å². The minimum absolute atomic E-state index is 0.145. The number of halogens is 1. The van der Waals surface area contributed by atoms with Crippen molar-refractivity contribution in [3.8, 4) is 5.75 Å². The summed E-state index contributed by atoms with van der Waals surface area (Å²) in [4.78, 5) is 13.8. The molecule has 5 heteroatoms. The average Bonchev–Trinajstić information content (AvgIpc) is 2.32. The molecule has 2 rings (SSSR count). The van der Waals surface area contributed by atoms with Gasteiger partial charge < -0.3 is 14.7 Å². The fourth-order valence-corrected chi connectivity index (χ4v) is 1.97. The molecule has 0 atom stereocenters. The van der Waals surface area contributed by atoms with Gasteiger partial charge in [-0.15, -0.1) is 0 Å². The average molecular weight is 270 g/mol.